The number of halogens is 1. The van der Waals surface area contributed by atoms with Crippen LogP contribution in [0.2, 0.25) is 0 Å². The summed E-state index contributed by atoms with van der Waals surface area (Å²) in [5.41, 5.74) is 0.948. The van der Waals surface area contributed by atoms with Gasteiger partial charge < -0.3 is 14.8 Å². The standard InChI is InChI=1S/C12H14N2O3S.ClH/c15-12(9-5-18-6-14-9)13-4-8-2-1-3-10-11(8)17-7-16-10;/h1-3,9,14H,4-7H2,(H,13,15);1H. The molecule has 0 spiro atoms. The Balaban J connectivity index is 0.00000133. The van der Waals surface area contributed by atoms with Gasteiger partial charge in [-0.3, -0.25) is 10.1 Å². The molecule has 1 amide bonds. The number of carbonyl (C=O) groups excluding carboxylic acids is 1. The Bertz CT molecular complexity index is 466. The number of nitrogens with one attached hydrogen (secondary N) is 2. The van der Waals surface area contributed by atoms with Gasteiger partial charge in [-0.2, -0.15) is 0 Å². The van der Waals surface area contributed by atoms with E-state index in [1.807, 2.05) is 18.2 Å². The summed E-state index contributed by atoms with van der Waals surface area (Å²) in [5.74, 6) is 3.20. The van der Waals surface area contributed by atoms with Crippen LogP contribution in [0.3, 0.4) is 0 Å². The third-order valence-electron chi connectivity index (χ3n) is 2.96. The van der Waals surface area contributed by atoms with Crippen LogP contribution in [0.4, 0.5) is 0 Å². The Morgan fingerprint density at radius 1 is 1.47 bits per heavy atom. The predicted octanol–water partition coefficient (Wildman–Crippen LogP) is 1.12. The van der Waals surface area contributed by atoms with Gasteiger partial charge in [0.2, 0.25) is 12.7 Å². The molecule has 0 bridgehead atoms. The molecule has 2 N–H and O–H groups in total. The van der Waals surface area contributed by atoms with E-state index in [4.69, 9.17) is 9.47 Å². The molecule has 1 atom stereocenters. The summed E-state index contributed by atoms with van der Waals surface area (Å²) in [4.78, 5) is 11.9. The number of rotatable bonds is 3. The molecule has 1 fully saturated rings. The second-order valence-corrected chi connectivity index (χ2v) is 5.17. The van der Waals surface area contributed by atoms with Crippen molar-refractivity contribution in [2.45, 2.75) is 12.6 Å². The summed E-state index contributed by atoms with van der Waals surface area (Å²) in [5, 5.41) is 6.06. The van der Waals surface area contributed by atoms with E-state index < -0.39 is 0 Å². The molecule has 1 aromatic rings. The summed E-state index contributed by atoms with van der Waals surface area (Å²) < 4.78 is 10.7. The maximum absolute atomic E-state index is 11.9. The van der Waals surface area contributed by atoms with Crippen LogP contribution < -0.4 is 20.1 Å². The molecule has 5 nitrogen and oxygen atoms in total. The van der Waals surface area contributed by atoms with E-state index in [0.717, 1.165) is 28.7 Å². The number of thioether (sulfide) groups is 1. The lowest BCUT2D eigenvalue weighted by molar-refractivity contribution is -0.122. The van der Waals surface area contributed by atoms with Gasteiger partial charge in [0, 0.05) is 23.7 Å². The molecular formula is C12H15ClN2O3S. The smallest absolute Gasteiger partial charge is 0.238 e. The van der Waals surface area contributed by atoms with Gasteiger partial charge in [-0.25, -0.2) is 0 Å². The van der Waals surface area contributed by atoms with Crippen LogP contribution in [0.5, 0.6) is 11.5 Å². The predicted molar refractivity (Wildman–Crippen MR) is 75.9 cm³/mol. The van der Waals surface area contributed by atoms with Crippen molar-refractivity contribution < 1.29 is 14.3 Å². The van der Waals surface area contributed by atoms with Crippen LogP contribution in [0, 0.1) is 0 Å². The lowest BCUT2D eigenvalue weighted by atomic mass is 10.2. The van der Waals surface area contributed by atoms with Gasteiger partial charge in [0.05, 0.1) is 6.04 Å². The monoisotopic (exact) mass is 302 g/mol. The molecule has 3 rings (SSSR count). The highest BCUT2D eigenvalue weighted by Gasteiger charge is 2.23. The number of fused-ring (bicyclic) bond motifs is 1. The Kier molecular flexibility index (Phi) is 4.79. The summed E-state index contributed by atoms with van der Waals surface area (Å²) >= 11 is 1.74. The molecule has 19 heavy (non-hydrogen) atoms. The molecule has 0 aliphatic carbocycles. The van der Waals surface area contributed by atoms with Crippen LogP contribution in [-0.4, -0.2) is 30.4 Å². The summed E-state index contributed by atoms with van der Waals surface area (Å²) in [6.45, 7) is 0.718. The number of para-hydroxylation sites is 1. The average molecular weight is 303 g/mol. The van der Waals surface area contributed by atoms with Gasteiger partial charge in [0.15, 0.2) is 11.5 Å². The second kappa shape index (κ2) is 6.36. The number of carbonyl (C=O) groups is 1. The van der Waals surface area contributed by atoms with Gasteiger partial charge in [0.1, 0.15) is 0 Å². The van der Waals surface area contributed by atoms with E-state index in [0.29, 0.717) is 6.54 Å². The molecule has 7 heteroatoms. The summed E-state index contributed by atoms with van der Waals surface area (Å²) in [6, 6.07) is 5.62. The van der Waals surface area contributed by atoms with E-state index in [9.17, 15) is 4.79 Å². The number of benzene rings is 1. The lowest BCUT2D eigenvalue weighted by Crippen LogP contribution is -2.41. The maximum Gasteiger partial charge on any atom is 0.238 e. The highest BCUT2D eigenvalue weighted by atomic mass is 35.5. The Morgan fingerprint density at radius 2 is 2.37 bits per heavy atom. The van der Waals surface area contributed by atoms with Gasteiger partial charge in [-0.1, -0.05) is 12.1 Å². The third-order valence-corrected chi connectivity index (χ3v) is 3.90. The van der Waals surface area contributed by atoms with Crippen LogP contribution >= 0.6 is 24.2 Å². The zero-order valence-electron chi connectivity index (χ0n) is 10.2. The van der Waals surface area contributed by atoms with Crippen LogP contribution in [0.25, 0.3) is 0 Å². The molecule has 0 radical (unpaired) electrons. The maximum atomic E-state index is 11.9. The molecule has 2 aliphatic rings. The number of ether oxygens (including phenoxy) is 2. The van der Waals surface area contributed by atoms with Crippen LogP contribution in [0.15, 0.2) is 18.2 Å². The van der Waals surface area contributed by atoms with E-state index in [-0.39, 0.29) is 31.1 Å². The first kappa shape index (κ1) is 14.3. The fourth-order valence-electron chi connectivity index (χ4n) is 2.00. The summed E-state index contributed by atoms with van der Waals surface area (Å²) in [7, 11) is 0. The van der Waals surface area contributed by atoms with Crippen molar-refractivity contribution in [3.63, 3.8) is 0 Å². The van der Waals surface area contributed by atoms with Crippen molar-refractivity contribution in [1.82, 2.24) is 10.6 Å². The van der Waals surface area contributed by atoms with Crippen molar-refractivity contribution in [3.05, 3.63) is 23.8 Å². The molecule has 1 unspecified atom stereocenters. The van der Waals surface area contributed by atoms with E-state index in [1.54, 1.807) is 11.8 Å². The molecule has 2 heterocycles. The minimum atomic E-state index is -0.0797. The minimum Gasteiger partial charge on any atom is -0.454 e. The zero-order valence-corrected chi connectivity index (χ0v) is 11.8. The van der Waals surface area contributed by atoms with E-state index >= 15 is 0 Å². The number of amides is 1. The SMILES string of the molecule is Cl.O=C(NCc1cccc2c1OCO2)C1CSCN1. The fourth-order valence-corrected chi connectivity index (χ4v) is 2.94. The first-order valence-corrected chi connectivity index (χ1v) is 6.96. The average Bonchev–Trinajstić information content (AvgIpc) is 3.05. The molecule has 1 saturated heterocycles. The van der Waals surface area contributed by atoms with Gasteiger partial charge in [-0.05, 0) is 6.07 Å². The van der Waals surface area contributed by atoms with E-state index in [2.05, 4.69) is 10.6 Å². The molecule has 0 aromatic heterocycles. The molecule has 1 aromatic carbocycles. The van der Waals surface area contributed by atoms with Crippen molar-refractivity contribution in [3.8, 4) is 11.5 Å². The normalized spacial score (nSPS) is 19.9. The summed E-state index contributed by atoms with van der Waals surface area (Å²) in [6.07, 6.45) is 0. The lowest BCUT2D eigenvalue weighted by Gasteiger charge is -2.11. The Labute approximate surface area is 121 Å². The van der Waals surface area contributed by atoms with E-state index in [1.165, 1.54) is 0 Å². The first-order valence-electron chi connectivity index (χ1n) is 5.81. The van der Waals surface area contributed by atoms with Crippen molar-refractivity contribution >= 4 is 30.1 Å². The van der Waals surface area contributed by atoms with Gasteiger partial charge in [-0.15, -0.1) is 24.2 Å². The third kappa shape index (κ3) is 3.08. The molecule has 2 aliphatic heterocycles. The van der Waals surface area contributed by atoms with Gasteiger partial charge >= 0.3 is 0 Å². The number of hydrogen-bond acceptors (Lipinski definition) is 5. The van der Waals surface area contributed by atoms with Crippen molar-refractivity contribution in [2.24, 2.45) is 0 Å². The van der Waals surface area contributed by atoms with Gasteiger partial charge in [0.25, 0.3) is 0 Å². The quantitative estimate of drug-likeness (QED) is 0.876. The Morgan fingerprint density at radius 3 is 3.16 bits per heavy atom. The Hall–Kier alpha value is -1.11. The molecular weight excluding hydrogens is 288 g/mol. The minimum absolute atomic E-state index is 0. The van der Waals surface area contributed by atoms with Crippen LogP contribution in [0.1, 0.15) is 5.56 Å². The second-order valence-electron chi connectivity index (χ2n) is 4.14. The van der Waals surface area contributed by atoms with Crippen molar-refractivity contribution in [2.75, 3.05) is 18.4 Å². The van der Waals surface area contributed by atoms with Crippen LogP contribution in [-0.2, 0) is 11.3 Å². The topological polar surface area (TPSA) is 59.6 Å². The largest absolute Gasteiger partial charge is 0.454 e. The van der Waals surface area contributed by atoms with Crippen molar-refractivity contribution in [1.29, 1.82) is 0 Å². The first-order chi connectivity index (χ1) is 8.84. The fraction of sp³-hybridized carbons (Fsp3) is 0.417. The molecule has 0 saturated carbocycles. The molecule has 104 valence electrons. The highest BCUT2D eigenvalue weighted by molar-refractivity contribution is 7.99. The number of hydrogen-bond donors (Lipinski definition) is 2. The highest BCUT2D eigenvalue weighted by Crippen LogP contribution is 2.35. The zero-order chi connectivity index (χ0) is 12.4.